The first-order valence-electron chi connectivity index (χ1n) is 5.63. The fourth-order valence-corrected chi connectivity index (χ4v) is 2.01. The van der Waals surface area contributed by atoms with Crippen LogP contribution < -0.4 is 11.5 Å². The van der Waals surface area contributed by atoms with Gasteiger partial charge in [0, 0.05) is 11.4 Å². The Balaban J connectivity index is 2.46. The lowest BCUT2D eigenvalue weighted by Crippen LogP contribution is -2.09. The van der Waals surface area contributed by atoms with E-state index >= 15 is 0 Å². The summed E-state index contributed by atoms with van der Waals surface area (Å²) in [6.07, 6.45) is 0.398. The van der Waals surface area contributed by atoms with Crippen molar-refractivity contribution in [1.82, 2.24) is 0 Å². The molecule has 0 aliphatic carbocycles. The molecule has 5 heteroatoms. The largest absolute Gasteiger partial charge is 0.478 e. The van der Waals surface area contributed by atoms with E-state index in [0.29, 0.717) is 28.4 Å². The summed E-state index contributed by atoms with van der Waals surface area (Å²) in [5.74, 6) is -1.02. The molecule has 0 atom stereocenters. The SMILES string of the molecule is Nc1ccc(C(=O)O)c(Cc2ccc(Cl)cc2)c1N. The number of carboxylic acids is 1. The molecule has 0 aliphatic rings. The molecule has 2 aromatic rings. The number of hydrogen-bond donors (Lipinski definition) is 3. The molecule has 0 unspecified atom stereocenters. The molecule has 98 valence electrons. The monoisotopic (exact) mass is 276 g/mol. The number of anilines is 2. The second-order valence-corrected chi connectivity index (χ2v) is 4.64. The summed E-state index contributed by atoms with van der Waals surface area (Å²) >= 11 is 5.81. The number of nitrogen functional groups attached to an aromatic ring is 2. The first-order chi connectivity index (χ1) is 8.99. The molecule has 2 aromatic carbocycles. The number of carboxylic acid groups (broad SMARTS) is 1. The minimum atomic E-state index is -1.02. The van der Waals surface area contributed by atoms with Crippen molar-refractivity contribution in [1.29, 1.82) is 0 Å². The molecule has 2 rings (SSSR count). The van der Waals surface area contributed by atoms with Crippen LogP contribution in [0.3, 0.4) is 0 Å². The lowest BCUT2D eigenvalue weighted by molar-refractivity contribution is 0.0696. The summed E-state index contributed by atoms with van der Waals surface area (Å²) in [7, 11) is 0. The topological polar surface area (TPSA) is 89.3 Å². The van der Waals surface area contributed by atoms with Crippen molar-refractivity contribution < 1.29 is 9.90 Å². The third-order valence-electron chi connectivity index (χ3n) is 2.92. The Kier molecular flexibility index (Phi) is 3.62. The van der Waals surface area contributed by atoms with E-state index in [1.165, 1.54) is 12.1 Å². The van der Waals surface area contributed by atoms with Crippen LogP contribution in [-0.2, 0) is 6.42 Å². The zero-order valence-corrected chi connectivity index (χ0v) is 10.8. The first kappa shape index (κ1) is 13.2. The van der Waals surface area contributed by atoms with Gasteiger partial charge in [0.25, 0.3) is 0 Å². The third-order valence-corrected chi connectivity index (χ3v) is 3.17. The van der Waals surface area contributed by atoms with E-state index in [-0.39, 0.29) is 5.56 Å². The molecule has 0 bridgehead atoms. The highest BCUT2D eigenvalue weighted by Crippen LogP contribution is 2.27. The molecule has 0 aliphatic heterocycles. The lowest BCUT2D eigenvalue weighted by Gasteiger charge is -2.12. The first-order valence-corrected chi connectivity index (χ1v) is 6.01. The van der Waals surface area contributed by atoms with E-state index in [9.17, 15) is 9.90 Å². The van der Waals surface area contributed by atoms with E-state index in [1.54, 1.807) is 12.1 Å². The van der Waals surface area contributed by atoms with Crippen LogP contribution >= 0.6 is 11.6 Å². The van der Waals surface area contributed by atoms with Crippen molar-refractivity contribution in [3.63, 3.8) is 0 Å². The van der Waals surface area contributed by atoms with E-state index in [2.05, 4.69) is 0 Å². The van der Waals surface area contributed by atoms with E-state index in [4.69, 9.17) is 23.1 Å². The van der Waals surface area contributed by atoms with Gasteiger partial charge in [-0.2, -0.15) is 0 Å². The average molecular weight is 277 g/mol. The van der Waals surface area contributed by atoms with E-state index in [0.717, 1.165) is 5.56 Å². The summed E-state index contributed by atoms with van der Waals surface area (Å²) in [4.78, 5) is 11.2. The van der Waals surface area contributed by atoms with Crippen LogP contribution in [0.4, 0.5) is 11.4 Å². The maximum absolute atomic E-state index is 11.2. The van der Waals surface area contributed by atoms with E-state index in [1.807, 2.05) is 12.1 Å². The van der Waals surface area contributed by atoms with Crippen LogP contribution in [0.5, 0.6) is 0 Å². The van der Waals surface area contributed by atoms with E-state index < -0.39 is 5.97 Å². The maximum Gasteiger partial charge on any atom is 0.336 e. The van der Waals surface area contributed by atoms with Crippen LogP contribution in [0.1, 0.15) is 21.5 Å². The highest BCUT2D eigenvalue weighted by Gasteiger charge is 2.15. The molecule has 19 heavy (non-hydrogen) atoms. The number of carbonyl (C=O) groups is 1. The fourth-order valence-electron chi connectivity index (χ4n) is 1.88. The lowest BCUT2D eigenvalue weighted by atomic mass is 9.97. The number of rotatable bonds is 3. The molecule has 0 radical (unpaired) electrons. The molecular formula is C14H13ClN2O2. The molecule has 0 spiro atoms. The molecule has 0 heterocycles. The smallest absolute Gasteiger partial charge is 0.336 e. The molecule has 0 saturated heterocycles. The summed E-state index contributed by atoms with van der Waals surface area (Å²) < 4.78 is 0. The minimum absolute atomic E-state index is 0.168. The van der Waals surface area contributed by atoms with Gasteiger partial charge in [-0.25, -0.2) is 4.79 Å². The normalized spacial score (nSPS) is 10.4. The van der Waals surface area contributed by atoms with Crippen molar-refractivity contribution in [3.8, 4) is 0 Å². The molecular weight excluding hydrogens is 264 g/mol. The Morgan fingerprint density at radius 1 is 1.11 bits per heavy atom. The standard InChI is InChI=1S/C14H13ClN2O2/c15-9-3-1-8(2-4-9)7-11-10(14(18)19)5-6-12(16)13(11)17/h1-6H,7,16-17H2,(H,18,19). The average Bonchev–Trinajstić information content (AvgIpc) is 2.37. The highest BCUT2D eigenvalue weighted by atomic mass is 35.5. The number of nitrogens with two attached hydrogens (primary N) is 2. The van der Waals surface area contributed by atoms with Crippen molar-refractivity contribution in [2.24, 2.45) is 0 Å². The summed E-state index contributed by atoms with van der Waals surface area (Å²) in [5, 5.41) is 9.81. The Labute approximate surface area is 115 Å². The van der Waals surface area contributed by atoms with Crippen LogP contribution in [0.25, 0.3) is 0 Å². The number of aromatic carboxylic acids is 1. The predicted molar refractivity (Wildman–Crippen MR) is 76.5 cm³/mol. The van der Waals surface area contributed by atoms with Gasteiger partial charge in [-0.1, -0.05) is 23.7 Å². The van der Waals surface area contributed by atoms with Gasteiger partial charge in [0.05, 0.1) is 16.9 Å². The number of benzene rings is 2. The molecule has 0 aromatic heterocycles. The predicted octanol–water partition coefficient (Wildman–Crippen LogP) is 2.79. The Morgan fingerprint density at radius 2 is 1.74 bits per heavy atom. The maximum atomic E-state index is 11.2. The zero-order chi connectivity index (χ0) is 14.0. The second-order valence-electron chi connectivity index (χ2n) is 4.20. The van der Waals surface area contributed by atoms with Gasteiger partial charge in [0.15, 0.2) is 0 Å². The van der Waals surface area contributed by atoms with Gasteiger partial charge in [-0.3, -0.25) is 0 Å². The van der Waals surface area contributed by atoms with Gasteiger partial charge in [-0.05, 0) is 35.4 Å². The van der Waals surface area contributed by atoms with Gasteiger partial charge in [-0.15, -0.1) is 0 Å². The van der Waals surface area contributed by atoms with Crippen LogP contribution in [0.15, 0.2) is 36.4 Å². The minimum Gasteiger partial charge on any atom is -0.478 e. The number of halogens is 1. The summed E-state index contributed by atoms with van der Waals surface area (Å²) in [6, 6.07) is 10.1. The van der Waals surface area contributed by atoms with Gasteiger partial charge >= 0.3 is 5.97 Å². The van der Waals surface area contributed by atoms with Crippen LogP contribution in [0.2, 0.25) is 5.02 Å². The van der Waals surface area contributed by atoms with Crippen LogP contribution in [-0.4, -0.2) is 11.1 Å². The Bertz CT molecular complexity index is 624. The van der Waals surface area contributed by atoms with Gasteiger partial charge in [0.2, 0.25) is 0 Å². The van der Waals surface area contributed by atoms with Gasteiger partial charge < -0.3 is 16.6 Å². The highest BCUT2D eigenvalue weighted by molar-refractivity contribution is 6.30. The quantitative estimate of drug-likeness (QED) is 0.752. The van der Waals surface area contributed by atoms with Crippen molar-refractivity contribution in [3.05, 3.63) is 58.1 Å². The van der Waals surface area contributed by atoms with Gasteiger partial charge in [0.1, 0.15) is 0 Å². The van der Waals surface area contributed by atoms with Crippen LogP contribution in [0, 0.1) is 0 Å². The zero-order valence-electron chi connectivity index (χ0n) is 10.1. The number of hydrogen-bond acceptors (Lipinski definition) is 3. The van der Waals surface area contributed by atoms with Crippen molar-refractivity contribution in [2.45, 2.75) is 6.42 Å². The molecule has 5 N–H and O–H groups in total. The Morgan fingerprint density at radius 3 is 2.32 bits per heavy atom. The second kappa shape index (κ2) is 5.20. The van der Waals surface area contributed by atoms with Crippen molar-refractivity contribution >= 4 is 28.9 Å². The molecule has 0 amide bonds. The van der Waals surface area contributed by atoms with Crippen molar-refractivity contribution in [2.75, 3.05) is 11.5 Å². The molecule has 4 nitrogen and oxygen atoms in total. The third kappa shape index (κ3) is 2.80. The Hall–Kier alpha value is -2.20. The molecule has 0 fully saturated rings. The summed E-state index contributed by atoms with van der Waals surface area (Å²) in [5.41, 5.74) is 13.9. The fraction of sp³-hybridized carbons (Fsp3) is 0.0714. The molecule has 0 saturated carbocycles. The summed E-state index contributed by atoms with van der Waals surface area (Å²) in [6.45, 7) is 0.